The van der Waals surface area contributed by atoms with Gasteiger partial charge in [-0.3, -0.25) is 4.18 Å². The standard InChI is InChI=1S/C18H26O4S/c1-12(2)14-10-9-13(3)11-16(14)22-23(20)17-8-6-5-7-15(17)18(19)21-4/h5-8,12-14,16H,9-11H2,1-4H3/t13-,14+,16-,23+/m1/s1. The molecule has 1 saturated carbocycles. The molecule has 1 aromatic rings. The van der Waals surface area contributed by atoms with Gasteiger partial charge in [0.25, 0.3) is 0 Å². The molecule has 5 heteroatoms. The Morgan fingerprint density at radius 2 is 1.96 bits per heavy atom. The van der Waals surface area contributed by atoms with E-state index < -0.39 is 17.0 Å². The number of benzene rings is 1. The molecule has 0 unspecified atom stereocenters. The highest BCUT2D eigenvalue weighted by Crippen LogP contribution is 2.36. The van der Waals surface area contributed by atoms with Gasteiger partial charge < -0.3 is 4.74 Å². The predicted molar refractivity (Wildman–Crippen MR) is 90.4 cm³/mol. The SMILES string of the molecule is COC(=O)c1ccccc1[S@@](=O)O[C@@H]1C[C@H](C)CC[C@H]1C(C)C. The van der Waals surface area contributed by atoms with Gasteiger partial charge in [0.2, 0.25) is 0 Å². The van der Waals surface area contributed by atoms with Crippen molar-refractivity contribution >= 4 is 17.0 Å². The maximum Gasteiger partial charge on any atom is 0.339 e. The third-order valence-electron chi connectivity index (χ3n) is 4.64. The second-order valence-electron chi connectivity index (χ2n) is 6.68. The normalized spacial score (nSPS) is 26.0. The van der Waals surface area contributed by atoms with E-state index in [2.05, 4.69) is 20.8 Å². The van der Waals surface area contributed by atoms with Gasteiger partial charge in [0.05, 0.1) is 23.7 Å². The molecule has 0 N–H and O–H groups in total. The number of carbonyl (C=O) groups is 1. The highest BCUT2D eigenvalue weighted by Gasteiger charge is 2.33. The summed E-state index contributed by atoms with van der Waals surface area (Å²) in [4.78, 5) is 12.2. The molecule has 0 amide bonds. The number of hydrogen-bond donors (Lipinski definition) is 0. The molecule has 0 heterocycles. The lowest BCUT2D eigenvalue weighted by molar-refractivity contribution is 0.0552. The Labute approximate surface area is 141 Å². The molecule has 4 nitrogen and oxygen atoms in total. The summed E-state index contributed by atoms with van der Waals surface area (Å²) in [5, 5.41) is 0. The van der Waals surface area contributed by atoms with Gasteiger partial charge in [0.1, 0.15) is 0 Å². The van der Waals surface area contributed by atoms with Crippen LogP contribution in [-0.2, 0) is 20.0 Å². The second kappa shape index (κ2) is 8.06. The molecule has 2 rings (SSSR count). The van der Waals surface area contributed by atoms with Gasteiger partial charge in [-0.1, -0.05) is 39.3 Å². The van der Waals surface area contributed by atoms with Crippen molar-refractivity contribution in [1.29, 1.82) is 0 Å². The molecule has 0 spiro atoms. The smallest absolute Gasteiger partial charge is 0.339 e. The first-order valence-corrected chi connectivity index (χ1v) is 9.27. The summed E-state index contributed by atoms with van der Waals surface area (Å²) in [7, 11) is 1.32. The van der Waals surface area contributed by atoms with Gasteiger partial charge in [0, 0.05) is 0 Å². The van der Waals surface area contributed by atoms with Crippen molar-refractivity contribution in [2.24, 2.45) is 17.8 Å². The third-order valence-corrected chi connectivity index (χ3v) is 5.78. The van der Waals surface area contributed by atoms with Crippen molar-refractivity contribution in [2.45, 2.75) is 51.0 Å². The van der Waals surface area contributed by atoms with Gasteiger partial charge in [0.15, 0.2) is 11.1 Å². The minimum Gasteiger partial charge on any atom is -0.465 e. The third kappa shape index (κ3) is 4.42. The van der Waals surface area contributed by atoms with Gasteiger partial charge in [-0.05, 0) is 42.7 Å². The Morgan fingerprint density at radius 3 is 2.61 bits per heavy atom. The number of rotatable bonds is 5. The molecular formula is C18H26O4S. The van der Waals surface area contributed by atoms with Crippen molar-refractivity contribution in [3.63, 3.8) is 0 Å². The van der Waals surface area contributed by atoms with Crippen LogP contribution in [0.3, 0.4) is 0 Å². The average molecular weight is 338 g/mol. The van der Waals surface area contributed by atoms with E-state index in [0.717, 1.165) is 12.8 Å². The summed E-state index contributed by atoms with van der Waals surface area (Å²) in [5.74, 6) is 0.971. The lowest BCUT2D eigenvalue weighted by atomic mass is 9.75. The molecule has 1 aromatic carbocycles. The van der Waals surface area contributed by atoms with Crippen molar-refractivity contribution in [2.75, 3.05) is 7.11 Å². The fourth-order valence-electron chi connectivity index (χ4n) is 3.28. The zero-order chi connectivity index (χ0) is 17.0. The van der Waals surface area contributed by atoms with Crippen molar-refractivity contribution in [1.82, 2.24) is 0 Å². The van der Waals surface area contributed by atoms with E-state index >= 15 is 0 Å². The Kier molecular flexibility index (Phi) is 6.36. The van der Waals surface area contributed by atoms with Crippen LogP contribution in [0.25, 0.3) is 0 Å². The number of esters is 1. The number of hydrogen-bond acceptors (Lipinski definition) is 4. The largest absolute Gasteiger partial charge is 0.465 e. The molecule has 1 fully saturated rings. The number of ether oxygens (including phenoxy) is 1. The van der Waals surface area contributed by atoms with Crippen LogP contribution in [0.15, 0.2) is 29.2 Å². The monoisotopic (exact) mass is 338 g/mol. The fraction of sp³-hybridized carbons (Fsp3) is 0.611. The van der Waals surface area contributed by atoms with Crippen LogP contribution in [0.1, 0.15) is 50.4 Å². The van der Waals surface area contributed by atoms with Crippen LogP contribution < -0.4 is 0 Å². The maximum absolute atomic E-state index is 12.7. The summed E-state index contributed by atoms with van der Waals surface area (Å²) < 4.78 is 23.4. The minimum atomic E-state index is -1.67. The number of carbonyl (C=O) groups excluding carboxylic acids is 1. The topological polar surface area (TPSA) is 52.6 Å². The molecule has 0 bridgehead atoms. The highest BCUT2D eigenvalue weighted by molar-refractivity contribution is 7.80. The Morgan fingerprint density at radius 1 is 1.26 bits per heavy atom. The van der Waals surface area contributed by atoms with Gasteiger partial charge in [-0.15, -0.1) is 0 Å². The molecule has 0 saturated heterocycles. The average Bonchev–Trinajstić information content (AvgIpc) is 2.53. The van der Waals surface area contributed by atoms with Crippen LogP contribution >= 0.6 is 0 Å². The summed E-state index contributed by atoms with van der Waals surface area (Å²) in [6.07, 6.45) is 3.16. The van der Waals surface area contributed by atoms with E-state index in [9.17, 15) is 9.00 Å². The van der Waals surface area contributed by atoms with E-state index in [1.54, 1.807) is 24.3 Å². The van der Waals surface area contributed by atoms with Gasteiger partial charge >= 0.3 is 5.97 Å². The summed E-state index contributed by atoms with van der Waals surface area (Å²) in [6.45, 7) is 6.57. The Balaban J connectivity index is 2.19. The summed E-state index contributed by atoms with van der Waals surface area (Å²) in [6, 6.07) is 6.77. The number of methoxy groups -OCH3 is 1. The quantitative estimate of drug-likeness (QED) is 0.762. The first kappa shape index (κ1) is 18.1. The van der Waals surface area contributed by atoms with Crippen LogP contribution in [-0.4, -0.2) is 23.4 Å². The Hall–Kier alpha value is -1.20. The molecule has 0 radical (unpaired) electrons. The molecule has 1 aliphatic carbocycles. The van der Waals surface area contributed by atoms with Gasteiger partial charge in [-0.2, -0.15) is 0 Å². The molecule has 128 valence electrons. The Bertz CT molecular complexity index is 570. The zero-order valence-corrected chi connectivity index (χ0v) is 15.1. The lowest BCUT2D eigenvalue weighted by Crippen LogP contribution is -2.34. The van der Waals surface area contributed by atoms with E-state index in [1.807, 2.05) is 0 Å². The lowest BCUT2D eigenvalue weighted by Gasteiger charge is -2.36. The van der Waals surface area contributed by atoms with Crippen molar-refractivity contribution < 1.29 is 17.9 Å². The second-order valence-corrected chi connectivity index (χ2v) is 7.78. The van der Waals surface area contributed by atoms with E-state index in [0.29, 0.717) is 28.2 Å². The van der Waals surface area contributed by atoms with Crippen LogP contribution in [0, 0.1) is 17.8 Å². The zero-order valence-electron chi connectivity index (χ0n) is 14.3. The fourth-order valence-corrected chi connectivity index (χ4v) is 4.35. The summed E-state index contributed by atoms with van der Waals surface area (Å²) >= 11 is -1.67. The molecule has 1 aliphatic rings. The van der Waals surface area contributed by atoms with E-state index in [1.165, 1.54) is 13.5 Å². The van der Waals surface area contributed by atoms with Crippen molar-refractivity contribution in [3.05, 3.63) is 29.8 Å². The van der Waals surface area contributed by atoms with Crippen LogP contribution in [0.5, 0.6) is 0 Å². The first-order valence-electron chi connectivity index (χ1n) is 8.20. The molecular weight excluding hydrogens is 312 g/mol. The maximum atomic E-state index is 12.7. The predicted octanol–water partition coefficient (Wildman–Crippen LogP) is 3.97. The molecule has 4 atom stereocenters. The molecule has 0 aromatic heterocycles. The first-order chi connectivity index (χ1) is 10.9. The minimum absolute atomic E-state index is 0.0368. The van der Waals surface area contributed by atoms with E-state index in [-0.39, 0.29) is 6.10 Å². The van der Waals surface area contributed by atoms with Crippen molar-refractivity contribution in [3.8, 4) is 0 Å². The van der Waals surface area contributed by atoms with Crippen LogP contribution in [0.4, 0.5) is 0 Å². The summed E-state index contributed by atoms with van der Waals surface area (Å²) in [5.41, 5.74) is 0.304. The van der Waals surface area contributed by atoms with Gasteiger partial charge in [-0.25, -0.2) is 9.00 Å². The highest BCUT2D eigenvalue weighted by atomic mass is 32.2. The van der Waals surface area contributed by atoms with Crippen LogP contribution in [0.2, 0.25) is 0 Å². The molecule has 0 aliphatic heterocycles. The molecule has 23 heavy (non-hydrogen) atoms. The van der Waals surface area contributed by atoms with E-state index in [4.69, 9.17) is 8.92 Å².